The summed E-state index contributed by atoms with van der Waals surface area (Å²) >= 11 is 0. The topological polar surface area (TPSA) is 80.8 Å². The number of anilines is 1. The van der Waals surface area contributed by atoms with Gasteiger partial charge < -0.3 is 9.64 Å². The molecule has 7 heteroatoms. The summed E-state index contributed by atoms with van der Waals surface area (Å²) in [5, 5.41) is 0. The maximum Gasteiger partial charge on any atom is 0.317 e. The van der Waals surface area contributed by atoms with E-state index < -0.39 is 21.8 Å². The molecule has 2 rings (SSSR count). The molecule has 0 aliphatic carbocycles. The second-order valence-corrected chi connectivity index (χ2v) is 8.19. The highest BCUT2D eigenvalue weighted by Gasteiger charge is 2.13. The molecule has 0 spiro atoms. The number of carbonyl (C=O) groups excluding carboxylic acids is 2. The molecule has 0 N–H and O–H groups in total. The molecule has 0 saturated heterocycles. The van der Waals surface area contributed by atoms with Gasteiger partial charge in [-0.15, -0.1) is 0 Å². The van der Waals surface area contributed by atoms with Gasteiger partial charge in [-0.25, -0.2) is 8.42 Å². The SMILES string of the molecule is CN(C)c1ccc(CC(=O)OC(=O)Cc2ccc(S(C)(=O)=O)cc2)cc1. The fraction of sp³-hybridized carbons (Fsp3) is 0.263. The van der Waals surface area contributed by atoms with E-state index in [-0.39, 0.29) is 17.7 Å². The van der Waals surface area contributed by atoms with Crippen LogP contribution in [0.3, 0.4) is 0 Å². The Morgan fingerprint density at radius 3 is 1.65 bits per heavy atom. The molecule has 0 heterocycles. The Kier molecular flexibility index (Phi) is 6.15. The van der Waals surface area contributed by atoms with E-state index in [1.165, 1.54) is 24.3 Å². The first-order valence-corrected chi connectivity index (χ1v) is 9.83. The number of hydrogen-bond donors (Lipinski definition) is 0. The summed E-state index contributed by atoms with van der Waals surface area (Å²) in [6.45, 7) is 0. The molecule has 0 amide bonds. The molecule has 2 aromatic carbocycles. The zero-order valence-electron chi connectivity index (χ0n) is 14.9. The van der Waals surface area contributed by atoms with E-state index in [9.17, 15) is 18.0 Å². The van der Waals surface area contributed by atoms with Crippen LogP contribution in [0.25, 0.3) is 0 Å². The van der Waals surface area contributed by atoms with Crippen molar-refractivity contribution in [1.82, 2.24) is 0 Å². The summed E-state index contributed by atoms with van der Waals surface area (Å²) in [5.74, 6) is -1.30. The lowest BCUT2D eigenvalue weighted by molar-refractivity contribution is -0.158. The van der Waals surface area contributed by atoms with Crippen molar-refractivity contribution in [1.29, 1.82) is 0 Å². The second kappa shape index (κ2) is 8.14. The van der Waals surface area contributed by atoms with Gasteiger partial charge in [0, 0.05) is 26.0 Å². The van der Waals surface area contributed by atoms with Crippen molar-refractivity contribution in [3.05, 3.63) is 59.7 Å². The van der Waals surface area contributed by atoms with Crippen LogP contribution in [0.5, 0.6) is 0 Å². The Morgan fingerprint density at radius 1 is 0.846 bits per heavy atom. The molecular weight excluding hydrogens is 354 g/mol. The summed E-state index contributed by atoms with van der Waals surface area (Å²) in [5.41, 5.74) is 2.34. The molecule has 0 saturated carbocycles. The summed E-state index contributed by atoms with van der Waals surface area (Å²) in [6, 6.07) is 13.3. The zero-order valence-corrected chi connectivity index (χ0v) is 15.7. The fourth-order valence-corrected chi connectivity index (χ4v) is 2.93. The third kappa shape index (κ3) is 5.70. The Labute approximate surface area is 153 Å². The Bertz CT molecular complexity index is 885. The van der Waals surface area contributed by atoms with Gasteiger partial charge in [-0.05, 0) is 35.4 Å². The van der Waals surface area contributed by atoms with Crippen molar-refractivity contribution >= 4 is 27.5 Å². The van der Waals surface area contributed by atoms with Crippen molar-refractivity contribution in [3.8, 4) is 0 Å². The van der Waals surface area contributed by atoms with E-state index in [2.05, 4.69) is 0 Å². The summed E-state index contributed by atoms with van der Waals surface area (Å²) in [6.07, 6.45) is 1.02. The van der Waals surface area contributed by atoms with Crippen LogP contribution in [0.4, 0.5) is 5.69 Å². The smallest absolute Gasteiger partial charge is 0.317 e. The first-order chi connectivity index (χ1) is 12.1. The highest BCUT2D eigenvalue weighted by atomic mass is 32.2. The van der Waals surface area contributed by atoms with Gasteiger partial charge in [-0.2, -0.15) is 0 Å². The lowest BCUT2D eigenvalue weighted by Gasteiger charge is -2.12. The monoisotopic (exact) mass is 375 g/mol. The van der Waals surface area contributed by atoms with Gasteiger partial charge in [0.2, 0.25) is 0 Å². The molecule has 0 radical (unpaired) electrons. The van der Waals surface area contributed by atoms with Gasteiger partial charge in [0.1, 0.15) is 0 Å². The average Bonchev–Trinajstić information content (AvgIpc) is 2.54. The van der Waals surface area contributed by atoms with Crippen LogP contribution >= 0.6 is 0 Å². The quantitative estimate of drug-likeness (QED) is 0.568. The number of ether oxygens (including phenoxy) is 1. The number of esters is 2. The van der Waals surface area contributed by atoms with Crippen LogP contribution in [0.15, 0.2) is 53.4 Å². The highest BCUT2D eigenvalue weighted by molar-refractivity contribution is 7.90. The minimum Gasteiger partial charge on any atom is -0.393 e. The first-order valence-electron chi connectivity index (χ1n) is 7.94. The molecule has 2 aromatic rings. The van der Waals surface area contributed by atoms with Crippen molar-refractivity contribution in [3.63, 3.8) is 0 Å². The number of carbonyl (C=O) groups is 2. The van der Waals surface area contributed by atoms with Crippen molar-refractivity contribution in [2.24, 2.45) is 0 Å². The highest BCUT2D eigenvalue weighted by Crippen LogP contribution is 2.14. The van der Waals surface area contributed by atoms with E-state index in [4.69, 9.17) is 4.74 Å². The number of hydrogen-bond acceptors (Lipinski definition) is 6. The summed E-state index contributed by atoms with van der Waals surface area (Å²) in [7, 11) is 0.559. The van der Waals surface area contributed by atoms with Crippen LogP contribution in [-0.2, 0) is 37.0 Å². The van der Waals surface area contributed by atoms with Crippen LogP contribution < -0.4 is 4.90 Å². The Hall–Kier alpha value is -2.67. The number of rotatable bonds is 6. The lowest BCUT2D eigenvalue weighted by Crippen LogP contribution is -2.16. The van der Waals surface area contributed by atoms with E-state index in [0.29, 0.717) is 5.56 Å². The van der Waals surface area contributed by atoms with Crippen LogP contribution in [0.1, 0.15) is 11.1 Å². The van der Waals surface area contributed by atoms with Crippen LogP contribution in [0, 0.1) is 0 Å². The standard InChI is InChI=1S/C19H21NO5S/c1-20(2)16-8-4-14(5-9-16)12-18(21)25-19(22)13-15-6-10-17(11-7-15)26(3,23)24/h4-11H,12-13H2,1-3H3. The Morgan fingerprint density at radius 2 is 1.27 bits per heavy atom. The minimum atomic E-state index is -3.28. The maximum absolute atomic E-state index is 11.9. The van der Waals surface area contributed by atoms with Gasteiger partial charge in [0.25, 0.3) is 0 Å². The van der Waals surface area contributed by atoms with E-state index in [0.717, 1.165) is 17.5 Å². The van der Waals surface area contributed by atoms with Gasteiger partial charge in [0.05, 0.1) is 17.7 Å². The molecule has 0 aromatic heterocycles. The van der Waals surface area contributed by atoms with Crippen LogP contribution in [-0.4, -0.2) is 40.7 Å². The predicted octanol–water partition coefficient (Wildman–Crippen LogP) is 2.01. The predicted molar refractivity (Wildman–Crippen MR) is 98.8 cm³/mol. The summed E-state index contributed by atoms with van der Waals surface area (Å²) in [4.78, 5) is 25.9. The lowest BCUT2D eigenvalue weighted by atomic mass is 10.1. The van der Waals surface area contributed by atoms with E-state index >= 15 is 0 Å². The Balaban J connectivity index is 1.89. The van der Waals surface area contributed by atoms with Gasteiger partial charge in [-0.3, -0.25) is 9.59 Å². The van der Waals surface area contributed by atoms with Gasteiger partial charge >= 0.3 is 11.9 Å². The van der Waals surface area contributed by atoms with Gasteiger partial charge in [0.15, 0.2) is 9.84 Å². The average molecular weight is 375 g/mol. The van der Waals surface area contributed by atoms with Crippen molar-refractivity contribution in [2.75, 3.05) is 25.3 Å². The number of nitrogens with zero attached hydrogens (tertiary/aromatic N) is 1. The van der Waals surface area contributed by atoms with Crippen LogP contribution in [0.2, 0.25) is 0 Å². The number of benzene rings is 2. The summed E-state index contributed by atoms with van der Waals surface area (Å²) < 4.78 is 27.6. The molecule has 138 valence electrons. The molecule has 6 nitrogen and oxygen atoms in total. The third-order valence-corrected chi connectivity index (χ3v) is 4.86. The zero-order chi connectivity index (χ0) is 19.3. The number of sulfone groups is 1. The first kappa shape index (κ1) is 19.7. The second-order valence-electron chi connectivity index (χ2n) is 6.18. The molecule has 0 bridgehead atoms. The van der Waals surface area contributed by atoms with Gasteiger partial charge in [-0.1, -0.05) is 24.3 Å². The maximum atomic E-state index is 11.9. The van der Waals surface area contributed by atoms with E-state index in [1.54, 1.807) is 0 Å². The van der Waals surface area contributed by atoms with E-state index in [1.807, 2.05) is 43.3 Å². The molecule has 0 atom stereocenters. The van der Waals surface area contributed by atoms with Crippen molar-refractivity contribution in [2.45, 2.75) is 17.7 Å². The fourth-order valence-electron chi connectivity index (χ4n) is 2.30. The third-order valence-electron chi connectivity index (χ3n) is 3.73. The molecule has 0 unspecified atom stereocenters. The molecular formula is C19H21NO5S. The minimum absolute atomic E-state index is 0.00641. The molecule has 0 aliphatic heterocycles. The largest absolute Gasteiger partial charge is 0.393 e. The molecule has 0 aliphatic rings. The molecule has 26 heavy (non-hydrogen) atoms. The van der Waals surface area contributed by atoms with Crippen molar-refractivity contribution < 1.29 is 22.7 Å². The normalized spacial score (nSPS) is 11.0. The molecule has 0 fully saturated rings.